The zero-order valence-electron chi connectivity index (χ0n) is 11.9. The molecule has 0 spiro atoms. The number of nitrogens with one attached hydrogen (secondary N) is 1. The standard InChI is InChI=1S/C16H25ClN2/c1-19-10-3-2-7-16(19)8-9-18-13-15-6-4-5-14(11-15)12-17/h4-6,11,16,18H,2-3,7-10,12-13H2,1H3. The number of likely N-dealkylation sites (tertiary alicyclic amines) is 1. The summed E-state index contributed by atoms with van der Waals surface area (Å²) in [6.07, 6.45) is 5.38. The summed E-state index contributed by atoms with van der Waals surface area (Å²) >= 11 is 5.85. The summed E-state index contributed by atoms with van der Waals surface area (Å²) < 4.78 is 0. The summed E-state index contributed by atoms with van der Waals surface area (Å²) in [5, 5.41) is 3.55. The van der Waals surface area contributed by atoms with Gasteiger partial charge in [0.25, 0.3) is 0 Å². The molecule has 1 aliphatic heterocycles. The molecule has 1 fully saturated rings. The molecule has 1 N–H and O–H groups in total. The molecule has 1 saturated heterocycles. The predicted octanol–water partition coefficient (Wildman–Crippen LogP) is 3.39. The van der Waals surface area contributed by atoms with Crippen molar-refractivity contribution in [1.82, 2.24) is 10.2 Å². The van der Waals surface area contributed by atoms with E-state index in [0.717, 1.165) is 19.1 Å². The van der Waals surface area contributed by atoms with Gasteiger partial charge in [0.1, 0.15) is 0 Å². The third-order valence-corrected chi connectivity index (χ3v) is 4.36. The molecule has 3 heteroatoms. The fourth-order valence-electron chi connectivity index (χ4n) is 2.83. The first-order valence-corrected chi connectivity index (χ1v) is 7.88. The van der Waals surface area contributed by atoms with Gasteiger partial charge < -0.3 is 10.2 Å². The zero-order valence-corrected chi connectivity index (χ0v) is 12.6. The Balaban J connectivity index is 1.68. The van der Waals surface area contributed by atoms with Gasteiger partial charge in [0, 0.05) is 18.5 Å². The minimum atomic E-state index is 0.598. The molecule has 1 aliphatic rings. The van der Waals surface area contributed by atoms with Crippen LogP contribution in [0.15, 0.2) is 24.3 Å². The molecule has 1 aromatic carbocycles. The second-order valence-electron chi connectivity index (χ2n) is 5.55. The van der Waals surface area contributed by atoms with Gasteiger partial charge in [-0.25, -0.2) is 0 Å². The summed E-state index contributed by atoms with van der Waals surface area (Å²) in [6.45, 7) is 3.31. The Morgan fingerprint density at radius 3 is 2.95 bits per heavy atom. The Hall–Kier alpha value is -0.570. The highest BCUT2D eigenvalue weighted by molar-refractivity contribution is 6.17. The molecule has 0 radical (unpaired) electrons. The number of hydrogen-bond donors (Lipinski definition) is 1. The lowest BCUT2D eigenvalue weighted by molar-refractivity contribution is 0.175. The van der Waals surface area contributed by atoms with Crippen molar-refractivity contribution in [2.24, 2.45) is 0 Å². The smallest absolute Gasteiger partial charge is 0.0474 e. The molecular weight excluding hydrogens is 256 g/mol. The van der Waals surface area contributed by atoms with Crippen LogP contribution in [0.2, 0.25) is 0 Å². The number of piperidine rings is 1. The topological polar surface area (TPSA) is 15.3 Å². The van der Waals surface area contributed by atoms with Crippen LogP contribution in [0, 0.1) is 0 Å². The monoisotopic (exact) mass is 280 g/mol. The Bertz CT molecular complexity index is 381. The minimum absolute atomic E-state index is 0.598. The normalized spacial score (nSPS) is 20.6. The highest BCUT2D eigenvalue weighted by atomic mass is 35.5. The minimum Gasteiger partial charge on any atom is -0.313 e. The molecule has 19 heavy (non-hydrogen) atoms. The van der Waals surface area contributed by atoms with E-state index in [1.54, 1.807) is 0 Å². The van der Waals surface area contributed by atoms with Crippen molar-refractivity contribution in [2.75, 3.05) is 20.1 Å². The molecule has 1 heterocycles. The van der Waals surface area contributed by atoms with Gasteiger partial charge >= 0.3 is 0 Å². The molecule has 0 bridgehead atoms. The van der Waals surface area contributed by atoms with E-state index in [1.165, 1.54) is 43.4 Å². The second kappa shape index (κ2) is 7.88. The molecule has 2 nitrogen and oxygen atoms in total. The Kier molecular flexibility index (Phi) is 6.15. The van der Waals surface area contributed by atoms with Crippen LogP contribution in [0.1, 0.15) is 36.8 Å². The Morgan fingerprint density at radius 1 is 1.32 bits per heavy atom. The van der Waals surface area contributed by atoms with Crippen molar-refractivity contribution in [3.63, 3.8) is 0 Å². The molecule has 0 aromatic heterocycles. The molecular formula is C16H25ClN2. The van der Waals surface area contributed by atoms with Crippen LogP contribution in [0.5, 0.6) is 0 Å². The van der Waals surface area contributed by atoms with E-state index in [2.05, 4.69) is 41.5 Å². The number of halogens is 1. The number of alkyl halides is 1. The van der Waals surface area contributed by atoms with Crippen LogP contribution < -0.4 is 5.32 Å². The fourth-order valence-corrected chi connectivity index (χ4v) is 3.00. The highest BCUT2D eigenvalue weighted by Crippen LogP contribution is 2.17. The van der Waals surface area contributed by atoms with Crippen LogP contribution in [-0.2, 0) is 12.4 Å². The lowest BCUT2D eigenvalue weighted by Crippen LogP contribution is -2.38. The SMILES string of the molecule is CN1CCCCC1CCNCc1cccc(CCl)c1. The molecule has 1 unspecified atom stereocenters. The van der Waals surface area contributed by atoms with E-state index in [1.807, 2.05) is 0 Å². The maximum absolute atomic E-state index is 5.85. The first-order chi connectivity index (χ1) is 9.29. The lowest BCUT2D eigenvalue weighted by Gasteiger charge is -2.32. The van der Waals surface area contributed by atoms with E-state index in [0.29, 0.717) is 5.88 Å². The van der Waals surface area contributed by atoms with Crippen molar-refractivity contribution in [3.05, 3.63) is 35.4 Å². The van der Waals surface area contributed by atoms with Gasteiger partial charge in [0.2, 0.25) is 0 Å². The van der Waals surface area contributed by atoms with Gasteiger partial charge in [-0.3, -0.25) is 0 Å². The molecule has 2 rings (SSSR count). The van der Waals surface area contributed by atoms with E-state index >= 15 is 0 Å². The summed E-state index contributed by atoms with van der Waals surface area (Å²) in [5.41, 5.74) is 2.53. The number of hydrogen-bond acceptors (Lipinski definition) is 2. The molecule has 106 valence electrons. The first kappa shape index (κ1) is 14.8. The average molecular weight is 281 g/mol. The lowest BCUT2D eigenvalue weighted by atomic mass is 10.0. The van der Waals surface area contributed by atoms with Gasteiger partial charge in [-0.1, -0.05) is 30.7 Å². The van der Waals surface area contributed by atoms with E-state index in [9.17, 15) is 0 Å². The van der Waals surface area contributed by atoms with Crippen LogP contribution in [0.4, 0.5) is 0 Å². The third kappa shape index (κ3) is 4.79. The quantitative estimate of drug-likeness (QED) is 0.635. The number of rotatable bonds is 6. The largest absolute Gasteiger partial charge is 0.313 e. The van der Waals surface area contributed by atoms with Gasteiger partial charge in [-0.05, 0) is 50.5 Å². The maximum atomic E-state index is 5.85. The van der Waals surface area contributed by atoms with Crippen molar-refractivity contribution in [1.29, 1.82) is 0 Å². The average Bonchev–Trinajstić information content (AvgIpc) is 2.45. The van der Waals surface area contributed by atoms with Crippen LogP contribution in [0.25, 0.3) is 0 Å². The zero-order chi connectivity index (χ0) is 13.5. The van der Waals surface area contributed by atoms with Gasteiger partial charge in [-0.2, -0.15) is 0 Å². The van der Waals surface area contributed by atoms with Crippen molar-refractivity contribution < 1.29 is 0 Å². The Labute approximate surface area is 122 Å². The van der Waals surface area contributed by atoms with Gasteiger partial charge in [0.05, 0.1) is 0 Å². The Morgan fingerprint density at radius 2 is 2.16 bits per heavy atom. The molecule has 1 aromatic rings. The van der Waals surface area contributed by atoms with Crippen LogP contribution >= 0.6 is 11.6 Å². The molecule has 0 amide bonds. The van der Waals surface area contributed by atoms with E-state index < -0.39 is 0 Å². The first-order valence-electron chi connectivity index (χ1n) is 7.34. The van der Waals surface area contributed by atoms with Crippen LogP contribution in [0.3, 0.4) is 0 Å². The number of benzene rings is 1. The number of nitrogens with zero attached hydrogens (tertiary/aromatic N) is 1. The van der Waals surface area contributed by atoms with Crippen molar-refractivity contribution in [3.8, 4) is 0 Å². The van der Waals surface area contributed by atoms with Gasteiger partial charge in [-0.15, -0.1) is 11.6 Å². The summed E-state index contributed by atoms with van der Waals surface area (Å²) in [7, 11) is 2.26. The van der Waals surface area contributed by atoms with Crippen molar-refractivity contribution in [2.45, 2.75) is 44.1 Å². The van der Waals surface area contributed by atoms with E-state index in [-0.39, 0.29) is 0 Å². The molecule has 1 atom stereocenters. The highest BCUT2D eigenvalue weighted by Gasteiger charge is 2.17. The second-order valence-corrected chi connectivity index (χ2v) is 5.82. The summed E-state index contributed by atoms with van der Waals surface area (Å²) in [5.74, 6) is 0.598. The molecule has 0 aliphatic carbocycles. The maximum Gasteiger partial charge on any atom is 0.0474 e. The summed E-state index contributed by atoms with van der Waals surface area (Å²) in [6, 6.07) is 9.29. The van der Waals surface area contributed by atoms with Gasteiger partial charge in [0.15, 0.2) is 0 Å². The van der Waals surface area contributed by atoms with Crippen LogP contribution in [-0.4, -0.2) is 31.1 Å². The predicted molar refractivity (Wildman–Crippen MR) is 82.6 cm³/mol. The molecule has 0 saturated carbocycles. The van der Waals surface area contributed by atoms with Crippen molar-refractivity contribution >= 4 is 11.6 Å². The third-order valence-electron chi connectivity index (χ3n) is 4.05. The summed E-state index contributed by atoms with van der Waals surface area (Å²) in [4.78, 5) is 2.51. The van der Waals surface area contributed by atoms with E-state index in [4.69, 9.17) is 11.6 Å². The fraction of sp³-hybridized carbons (Fsp3) is 0.625.